The molecule has 7 heteroatoms. The summed E-state index contributed by atoms with van der Waals surface area (Å²) in [5.41, 5.74) is 0.670. The monoisotopic (exact) mass is 320 g/mol. The van der Waals surface area contributed by atoms with Crippen molar-refractivity contribution in [3.63, 3.8) is 0 Å². The molecule has 1 atom stereocenters. The lowest BCUT2D eigenvalue weighted by atomic mass is 10.1. The summed E-state index contributed by atoms with van der Waals surface area (Å²) in [4.78, 5) is 19.7. The van der Waals surface area contributed by atoms with E-state index in [0.29, 0.717) is 23.1 Å². The molecule has 0 saturated heterocycles. The highest BCUT2D eigenvalue weighted by Gasteiger charge is 2.09. The van der Waals surface area contributed by atoms with Gasteiger partial charge in [-0.25, -0.2) is 9.97 Å². The van der Waals surface area contributed by atoms with E-state index in [9.17, 15) is 9.90 Å². The Morgan fingerprint density at radius 2 is 2.05 bits per heavy atom. The molecule has 0 fully saturated rings. The zero-order chi connectivity index (χ0) is 15.8. The third kappa shape index (κ3) is 5.31. The molecule has 1 aromatic carbocycles. The Balaban J connectivity index is 1.69. The van der Waals surface area contributed by atoms with E-state index in [1.165, 1.54) is 0 Å². The lowest BCUT2D eigenvalue weighted by Crippen LogP contribution is -2.29. The van der Waals surface area contributed by atoms with Gasteiger partial charge < -0.3 is 15.7 Å². The number of halogens is 1. The number of benzene rings is 1. The molecule has 0 radical (unpaired) electrons. The van der Waals surface area contributed by atoms with Crippen molar-refractivity contribution in [2.75, 3.05) is 18.4 Å². The van der Waals surface area contributed by atoms with E-state index in [1.807, 2.05) is 0 Å². The van der Waals surface area contributed by atoms with Crippen molar-refractivity contribution in [2.45, 2.75) is 12.5 Å². The van der Waals surface area contributed by atoms with Gasteiger partial charge in [0, 0.05) is 36.9 Å². The number of aromatic nitrogens is 2. The fraction of sp³-hybridized carbons (Fsp3) is 0.267. The predicted molar refractivity (Wildman–Crippen MR) is 84.6 cm³/mol. The topological polar surface area (TPSA) is 87.1 Å². The summed E-state index contributed by atoms with van der Waals surface area (Å²) >= 11 is 5.86. The quantitative estimate of drug-likeness (QED) is 0.724. The van der Waals surface area contributed by atoms with Gasteiger partial charge >= 0.3 is 0 Å². The molecular formula is C15H17ClN4O2. The number of amides is 1. The molecule has 2 rings (SSSR count). The van der Waals surface area contributed by atoms with Gasteiger partial charge in [0.2, 0.25) is 11.9 Å². The summed E-state index contributed by atoms with van der Waals surface area (Å²) < 4.78 is 0. The molecule has 0 aliphatic rings. The molecule has 2 aromatic rings. The number of hydrogen-bond donors (Lipinski definition) is 3. The number of anilines is 1. The fourth-order valence-electron chi connectivity index (χ4n) is 1.81. The number of rotatable bonds is 7. The largest absolute Gasteiger partial charge is 0.387 e. The average molecular weight is 321 g/mol. The number of nitrogens with one attached hydrogen (secondary N) is 2. The Kier molecular flexibility index (Phi) is 6.12. The molecule has 22 heavy (non-hydrogen) atoms. The van der Waals surface area contributed by atoms with Crippen LogP contribution in [-0.4, -0.2) is 34.1 Å². The highest BCUT2D eigenvalue weighted by molar-refractivity contribution is 6.30. The van der Waals surface area contributed by atoms with E-state index in [4.69, 9.17) is 11.6 Å². The van der Waals surface area contributed by atoms with E-state index in [0.717, 1.165) is 0 Å². The van der Waals surface area contributed by atoms with E-state index in [1.54, 1.807) is 42.7 Å². The molecule has 1 amide bonds. The second-order valence-corrected chi connectivity index (χ2v) is 5.06. The van der Waals surface area contributed by atoms with Crippen molar-refractivity contribution in [1.29, 1.82) is 0 Å². The number of carbonyl (C=O) groups is 1. The summed E-state index contributed by atoms with van der Waals surface area (Å²) in [5, 5.41) is 16.2. The second kappa shape index (κ2) is 8.31. The number of aliphatic hydroxyl groups excluding tert-OH is 1. The van der Waals surface area contributed by atoms with Crippen LogP contribution in [0.2, 0.25) is 5.02 Å². The van der Waals surface area contributed by atoms with Crippen LogP contribution in [0.25, 0.3) is 0 Å². The Bertz CT molecular complexity index is 610. The van der Waals surface area contributed by atoms with E-state index >= 15 is 0 Å². The zero-order valence-corrected chi connectivity index (χ0v) is 12.6. The number of nitrogens with zero attached hydrogens (tertiary/aromatic N) is 2. The smallest absolute Gasteiger partial charge is 0.222 e. The molecule has 1 heterocycles. The highest BCUT2D eigenvalue weighted by atomic mass is 35.5. The first-order chi connectivity index (χ1) is 10.6. The molecule has 1 aromatic heterocycles. The van der Waals surface area contributed by atoms with Gasteiger partial charge in [0.05, 0.1) is 6.10 Å². The second-order valence-electron chi connectivity index (χ2n) is 4.62. The van der Waals surface area contributed by atoms with E-state index in [2.05, 4.69) is 20.6 Å². The molecule has 116 valence electrons. The van der Waals surface area contributed by atoms with Gasteiger partial charge in [-0.2, -0.15) is 0 Å². The van der Waals surface area contributed by atoms with Gasteiger partial charge in [0.15, 0.2) is 0 Å². The Hall–Kier alpha value is -2.18. The Morgan fingerprint density at radius 3 is 2.77 bits per heavy atom. The first-order valence-electron chi connectivity index (χ1n) is 6.86. The van der Waals surface area contributed by atoms with Crippen molar-refractivity contribution >= 4 is 23.5 Å². The van der Waals surface area contributed by atoms with Gasteiger partial charge in [-0.05, 0) is 23.8 Å². The van der Waals surface area contributed by atoms with Crippen molar-refractivity contribution in [3.05, 3.63) is 53.3 Å². The summed E-state index contributed by atoms with van der Waals surface area (Å²) in [6.07, 6.45) is 2.72. The van der Waals surface area contributed by atoms with Crippen LogP contribution in [0.5, 0.6) is 0 Å². The molecule has 0 aliphatic heterocycles. The van der Waals surface area contributed by atoms with Gasteiger partial charge in [-0.15, -0.1) is 0 Å². The summed E-state index contributed by atoms with van der Waals surface area (Å²) in [5.74, 6) is 0.318. The number of aliphatic hydroxyl groups is 1. The molecule has 0 aliphatic carbocycles. The van der Waals surface area contributed by atoms with E-state index in [-0.39, 0.29) is 18.9 Å². The molecule has 3 N–H and O–H groups in total. The van der Waals surface area contributed by atoms with Crippen LogP contribution in [0, 0.1) is 0 Å². The molecule has 0 saturated carbocycles. The fourth-order valence-corrected chi connectivity index (χ4v) is 2.01. The third-order valence-electron chi connectivity index (χ3n) is 2.93. The molecule has 6 nitrogen and oxygen atoms in total. The predicted octanol–water partition coefficient (Wildman–Crippen LogP) is 1.78. The van der Waals surface area contributed by atoms with Crippen LogP contribution in [0.15, 0.2) is 42.7 Å². The summed E-state index contributed by atoms with van der Waals surface area (Å²) in [6, 6.07) is 8.64. The third-order valence-corrected chi connectivity index (χ3v) is 3.16. The minimum atomic E-state index is -0.784. The summed E-state index contributed by atoms with van der Waals surface area (Å²) in [6.45, 7) is 0.560. The lowest BCUT2D eigenvalue weighted by Gasteiger charge is -2.12. The molecule has 0 spiro atoms. The maximum Gasteiger partial charge on any atom is 0.222 e. The normalized spacial score (nSPS) is 11.7. The minimum absolute atomic E-state index is 0.140. The maximum atomic E-state index is 11.7. The molecular weight excluding hydrogens is 304 g/mol. The van der Waals surface area contributed by atoms with Crippen LogP contribution in [0.4, 0.5) is 5.95 Å². The number of carbonyl (C=O) groups excluding carboxylic acids is 1. The SMILES string of the molecule is O=C(CCNc1ncccn1)NCC(O)c1cccc(Cl)c1. The van der Waals surface area contributed by atoms with Crippen molar-refractivity contribution in [2.24, 2.45) is 0 Å². The lowest BCUT2D eigenvalue weighted by molar-refractivity contribution is -0.121. The van der Waals surface area contributed by atoms with Crippen LogP contribution >= 0.6 is 11.6 Å². The maximum absolute atomic E-state index is 11.7. The van der Waals surface area contributed by atoms with Crippen molar-refractivity contribution in [3.8, 4) is 0 Å². The highest BCUT2D eigenvalue weighted by Crippen LogP contribution is 2.16. The van der Waals surface area contributed by atoms with Crippen LogP contribution in [-0.2, 0) is 4.79 Å². The average Bonchev–Trinajstić information content (AvgIpc) is 2.53. The zero-order valence-electron chi connectivity index (χ0n) is 11.9. The molecule has 0 bridgehead atoms. The van der Waals surface area contributed by atoms with Gasteiger partial charge in [-0.1, -0.05) is 23.7 Å². The van der Waals surface area contributed by atoms with Crippen molar-refractivity contribution < 1.29 is 9.90 Å². The van der Waals surface area contributed by atoms with Crippen LogP contribution < -0.4 is 10.6 Å². The van der Waals surface area contributed by atoms with Gasteiger partial charge in [-0.3, -0.25) is 4.79 Å². The Labute approximate surface area is 133 Å². The standard InChI is InChI=1S/C15H17ClN4O2/c16-12-4-1-3-11(9-12)13(21)10-20-14(22)5-8-19-15-17-6-2-7-18-15/h1-4,6-7,9,13,21H,5,8,10H2,(H,20,22)(H,17,18,19). The first-order valence-corrected chi connectivity index (χ1v) is 7.24. The number of hydrogen-bond acceptors (Lipinski definition) is 5. The first kappa shape index (κ1) is 16.2. The summed E-state index contributed by atoms with van der Waals surface area (Å²) in [7, 11) is 0. The molecule has 1 unspecified atom stereocenters. The van der Waals surface area contributed by atoms with Gasteiger partial charge in [0.25, 0.3) is 0 Å². The Morgan fingerprint density at radius 1 is 1.27 bits per heavy atom. The van der Waals surface area contributed by atoms with E-state index < -0.39 is 6.10 Å². The van der Waals surface area contributed by atoms with Crippen LogP contribution in [0.1, 0.15) is 18.1 Å². The minimum Gasteiger partial charge on any atom is -0.387 e. The van der Waals surface area contributed by atoms with Gasteiger partial charge in [0.1, 0.15) is 0 Å². The van der Waals surface area contributed by atoms with Crippen LogP contribution in [0.3, 0.4) is 0 Å². The van der Waals surface area contributed by atoms with Crippen molar-refractivity contribution in [1.82, 2.24) is 15.3 Å².